The molecule has 0 aliphatic heterocycles. The molecule has 0 rings (SSSR count). The van der Waals surface area contributed by atoms with Gasteiger partial charge in [-0.25, -0.2) is 8.78 Å². The fraction of sp³-hybridized carbons (Fsp3) is 0.750. The highest BCUT2D eigenvalue weighted by Gasteiger charge is 2.45. The molecule has 0 aliphatic rings. The van der Waals surface area contributed by atoms with E-state index in [1.165, 1.54) is 14.1 Å². The minimum absolute atomic E-state index is 0.508. The van der Waals surface area contributed by atoms with Gasteiger partial charge in [-0.15, -0.1) is 0 Å². The first-order valence-electron chi connectivity index (χ1n) is 4.63. The monoisotopic (exact) mass is 287 g/mol. The largest absolute Gasteiger partial charge is 0.355 e. The second-order valence-corrected chi connectivity index (χ2v) is 3.83. The van der Waals surface area contributed by atoms with Crippen LogP contribution in [0.15, 0.2) is 0 Å². The van der Waals surface area contributed by atoms with Crippen LogP contribution in [-0.4, -0.2) is 49.0 Å². The molecule has 0 aromatic heterocycles. The Morgan fingerprint density at radius 1 is 1.06 bits per heavy atom. The minimum Gasteiger partial charge on any atom is -0.355 e. The van der Waals surface area contributed by atoms with Gasteiger partial charge in [0.1, 0.15) is 0 Å². The van der Waals surface area contributed by atoms with Crippen LogP contribution in [0.4, 0.5) is 8.78 Å². The molecule has 0 aliphatic carbocycles. The zero-order valence-electron chi connectivity index (χ0n) is 9.38. The first-order valence-corrected chi connectivity index (χ1v) is 5.89. The van der Waals surface area contributed by atoms with E-state index < -0.39 is 34.9 Å². The highest BCUT2D eigenvalue weighted by molar-refractivity contribution is 7.80. The topological polar surface area (TPSA) is 70.2 Å². The van der Waals surface area contributed by atoms with Gasteiger partial charge < -0.3 is 10.6 Å². The van der Waals surface area contributed by atoms with Crippen LogP contribution in [0, 0.1) is 0 Å². The molecular formula is C8H15F2N3O2S2. The van der Waals surface area contributed by atoms with E-state index in [-0.39, 0.29) is 0 Å². The molecule has 17 heavy (non-hydrogen) atoms. The van der Waals surface area contributed by atoms with Crippen LogP contribution >= 0.6 is 25.3 Å². The van der Waals surface area contributed by atoms with Gasteiger partial charge in [-0.1, -0.05) is 0 Å². The Bertz CT molecular complexity index is 302. The second kappa shape index (κ2) is 6.41. The van der Waals surface area contributed by atoms with E-state index in [9.17, 15) is 18.4 Å². The maximum absolute atomic E-state index is 13.9. The fourth-order valence-electron chi connectivity index (χ4n) is 0.910. The number of carbonyl (C=O) groups excluding carboxylic acids is 2. The molecule has 100 valence electrons. The van der Waals surface area contributed by atoms with Crippen molar-refractivity contribution in [2.75, 3.05) is 25.6 Å². The van der Waals surface area contributed by atoms with Gasteiger partial charge in [0.25, 0.3) is 17.6 Å². The normalized spacial score (nSPS) is 17.8. The van der Waals surface area contributed by atoms with E-state index in [0.717, 1.165) is 0 Å². The smallest absolute Gasteiger partial charge is 0.279 e. The maximum Gasteiger partial charge on any atom is 0.279 e. The zero-order chi connectivity index (χ0) is 13.7. The summed E-state index contributed by atoms with van der Waals surface area (Å²) in [5, 5.41) is 5.72. The summed E-state index contributed by atoms with van der Waals surface area (Å²) in [4.78, 5) is 22.7. The maximum atomic E-state index is 13.9. The van der Waals surface area contributed by atoms with Crippen LogP contribution in [0.3, 0.4) is 0 Å². The molecule has 0 aromatic carbocycles. The van der Waals surface area contributed by atoms with Gasteiger partial charge in [0.15, 0.2) is 0 Å². The molecule has 5 nitrogen and oxygen atoms in total. The summed E-state index contributed by atoms with van der Waals surface area (Å²) < 4.78 is 27.7. The van der Waals surface area contributed by atoms with Gasteiger partial charge in [-0.2, -0.15) is 25.3 Å². The Morgan fingerprint density at radius 3 is 1.82 bits per heavy atom. The van der Waals surface area contributed by atoms with E-state index in [1.807, 2.05) is 5.32 Å². The molecule has 9 heteroatoms. The molecule has 0 unspecified atom stereocenters. The quantitative estimate of drug-likeness (QED) is 0.330. The van der Waals surface area contributed by atoms with Crippen molar-refractivity contribution in [3.8, 4) is 0 Å². The summed E-state index contributed by atoms with van der Waals surface area (Å²) in [6.45, 7) is 0. The van der Waals surface area contributed by atoms with Crippen molar-refractivity contribution in [2.24, 2.45) is 0 Å². The van der Waals surface area contributed by atoms with Crippen LogP contribution < -0.4 is 16.0 Å². The average Bonchev–Trinajstić information content (AvgIpc) is 2.36. The van der Waals surface area contributed by atoms with Crippen molar-refractivity contribution in [1.29, 1.82) is 0 Å². The van der Waals surface area contributed by atoms with Gasteiger partial charge in [-0.05, 0) is 7.05 Å². The number of hydrogen-bond donors (Lipinski definition) is 5. The van der Waals surface area contributed by atoms with E-state index >= 15 is 0 Å². The third kappa shape index (κ3) is 3.71. The standard InChI is InChI=1S/C8H15F2N3O2S2/c1-11-5(14)8(10,4-17)13-6(15)7(9,3-16)12-2/h12,16-17H,3-4H2,1-2H3,(H,11,14)(H,13,15)/t7-,8+/m1/s1. The van der Waals surface area contributed by atoms with Crippen molar-refractivity contribution < 1.29 is 18.4 Å². The Hall–Kier alpha value is -0.540. The zero-order valence-corrected chi connectivity index (χ0v) is 11.2. The molecule has 0 radical (unpaired) electrons. The number of likely N-dealkylation sites (N-methyl/N-ethyl adjacent to an activating group) is 2. The summed E-state index contributed by atoms with van der Waals surface area (Å²) in [5.41, 5.74) is 0. The lowest BCUT2D eigenvalue weighted by molar-refractivity contribution is -0.145. The van der Waals surface area contributed by atoms with Crippen molar-refractivity contribution in [1.82, 2.24) is 16.0 Å². The van der Waals surface area contributed by atoms with Crippen LogP contribution in [0.25, 0.3) is 0 Å². The van der Waals surface area contributed by atoms with Gasteiger partial charge in [-0.3, -0.25) is 14.9 Å². The number of alkyl halides is 2. The fourth-order valence-corrected chi connectivity index (χ4v) is 1.43. The second-order valence-electron chi connectivity index (χ2n) is 3.20. The Labute approximate surface area is 109 Å². The number of thiol groups is 2. The van der Waals surface area contributed by atoms with Gasteiger partial charge in [0.2, 0.25) is 5.79 Å². The predicted molar refractivity (Wildman–Crippen MR) is 66.7 cm³/mol. The molecule has 0 bridgehead atoms. The predicted octanol–water partition coefficient (Wildman–Crippen LogP) is -0.741. The Balaban J connectivity index is 4.92. The van der Waals surface area contributed by atoms with Crippen molar-refractivity contribution in [3.63, 3.8) is 0 Å². The molecule has 0 fully saturated rings. The molecule has 0 aromatic rings. The highest BCUT2D eigenvalue weighted by Crippen LogP contribution is 2.15. The van der Waals surface area contributed by atoms with E-state index in [1.54, 1.807) is 5.32 Å². The summed E-state index contributed by atoms with van der Waals surface area (Å²) in [6.07, 6.45) is 0. The van der Waals surface area contributed by atoms with E-state index in [2.05, 4.69) is 30.6 Å². The lowest BCUT2D eigenvalue weighted by atomic mass is 10.2. The Kier molecular flexibility index (Phi) is 6.20. The minimum atomic E-state index is -2.77. The number of halogens is 2. The van der Waals surface area contributed by atoms with E-state index in [0.29, 0.717) is 0 Å². The SMILES string of the molecule is CNC(=O)[C@](F)(CS)NC(=O)[C@@](F)(CS)NC. The third-order valence-corrected chi connectivity index (χ3v) is 2.96. The molecular weight excluding hydrogens is 272 g/mol. The van der Waals surface area contributed by atoms with Crippen LogP contribution in [0.1, 0.15) is 0 Å². The molecule has 0 heterocycles. The van der Waals surface area contributed by atoms with Crippen LogP contribution in [-0.2, 0) is 9.59 Å². The molecule has 2 atom stereocenters. The van der Waals surface area contributed by atoms with Gasteiger partial charge in [0.05, 0.1) is 5.75 Å². The number of carbonyl (C=O) groups is 2. The third-order valence-electron chi connectivity index (χ3n) is 2.09. The Morgan fingerprint density at radius 2 is 1.53 bits per heavy atom. The van der Waals surface area contributed by atoms with Crippen molar-refractivity contribution in [3.05, 3.63) is 0 Å². The summed E-state index contributed by atoms with van der Waals surface area (Å²) >= 11 is 7.24. The summed E-state index contributed by atoms with van der Waals surface area (Å²) in [6, 6.07) is 0. The molecule has 0 saturated carbocycles. The van der Waals surface area contributed by atoms with Crippen LogP contribution in [0.5, 0.6) is 0 Å². The summed E-state index contributed by atoms with van der Waals surface area (Å²) in [7, 11) is 2.36. The van der Waals surface area contributed by atoms with E-state index in [4.69, 9.17) is 0 Å². The summed E-state index contributed by atoms with van der Waals surface area (Å²) in [5.74, 6) is -8.89. The van der Waals surface area contributed by atoms with Crippen LogP contribution in [0.2, 0.25) is 0 Å². The number of rotatable bonds is 6. The number of amides is 2. The highest BCUT2D eigenvalue weighted by atomic mass is 32.1. The first-order chi connectivity index (χ1) is 7.79. The van der Waals surface area contributed by atoms with Gasteiger partial charge >= 0.3 is 0 Å². The molecule has 3 N–H and O–H groups in total. The first kappa shape index (κ1) is 16.5. The lowest BCUT2D eigenvalue weighted by Gasteiger charge is -2.28. The van der Waals surface area contributed by atoms with Gasteiger partial charge in [0, 0.05) is 12.8 Å². The molecule has 0 spiro atoms. The van der Waals surface area contributed by atoms with Crippen molar-refractivity contribution >= 4 is 37.1 Å². The van der Waals surface area contributed by atoms with Crippen molar-refractivity contribution in [2.45, 2.75) is 11.6 Å². The molecule has 0 saturated heterocycles. The number of hydrogen-bond acceptors (Lipinski definition) is 5. The number of nitrogens with one attached hydrogen (secondary N) is 3. The average molecular weight is 287 g/mol. The lowest BCUT2D eigenvalue weighted by Crippen LogP contribution is -2.63. The molecule has 2 amide bonds.